The van der Waals surface area contributed by atoms with Gasteiger partial charge in [-0.2, -0.15) is 4.37 Å². The number of nitrogens with two attached hydrogens (primary N) is 2. The Morgan fingerprint density at radius 2 is 1.66 bits per heavy atom. The summed E-state index contributed by atoms with van der Waals surface area (Å²) in [4.78, 5) is 52.2. The van der Waals surface area contributed by atoms with Gasteiger partial charge < -0.3 is 21.5 Å². The average Bonchev–Trinajstić information content (AvgIpc) is 3.28. The molecule has 38 heavy (non-hydrogen) atoms. The van der Waals surface area contributed by atoms with E-state index in [9.17, 15) is 23.6 Å². The highest BCUT2D eigenvalue weighted by Crippen LogP contribution is 2.34. The van der Waals surface area contributed by atoms with Crippen LogP contribution >= 0.6 is 11.5 Å². The number of ether oxygens (including phenoxy) is 1. The Hall–Kier alpha value is -4.32. The standard InChI is InChI=1S/C26H28FN5O5S/c1-4-37-19(33)13-30-25(35)22(16-5-9-17(27)10-6-16)32(18-11-7-15(8-12-18)14(2)3)26(36)23-20(28)21(24(29)34)31-38-23/h5-12,14,22H,4,13,28H2,1-3H3,(H2,29,34)(H,30,35)/t22-/m0/s1. The molecule has 0 radical (unpaired) electrons. The van der Waals surface area contributed by atoms with E-state index in [2.05, 4.69) is 9.69 Å². The van der Waals surface area contributed by atoms with Crippen molar-refractivity contribution in [1.82, 2.24) is 9.69 Å². The van der Waals surface area contributed by atoms with Gasteiger partial charge in [0.05, 0.1) is 12.3 Å². The van der Waals surface area contributed by atoms with Crippen molar-refractivity contribution in [3.8, 4) is 0 Å². The summed E-state index contributed by atoms with van der Waals surface area (Å²) in [5, 5.41) is 2.49. The predicted molar refractivity (Wildman–Crippen MR) is 141 cm³/mol. The number of anilines is 2. The second-order valence-electron chi connectivity index (χ2n) is 8.54. The van der Waals surface area contributed by atoms with E-state index in [1.54, 1.807) is 19.1 Å². The van der Waals surface area contributed by atoms with Gasteiger partial charge in [0, 0.05) is 5.69 Å². The minimum Gasteiger partial charge on any atom is -0.465 e. The molecule has 0 aliphatic carbocycles. The second kappa shape index (κ2) is 12.3. The first-order valence-electron chi connectivity index (χ1n) is 11.7. The number of carbonyl (C=O) groups is 4. The smallest absolute Gasteiger partial charge is 0.325 e. The Bertz CT molecular complexity index is 1320. The predicted octanol–water partition coefficient (Wildman–Crippen LogP) is 3.15. The van der Waals surface area contributed by atoms with Crippen LogP contribution in [0.2, 0.25) is 0 Å². The number of hydrogen-bond donors (Lipinski definition) is 3. The van der Waals surface area contributed by atoms with Crippen molar-refractivity contribution in [1.29, 1.82) is 0 Å². The van der Waals surface area contributed by atoms with Crippen LogP contribution in [-0.4, -0.2) is 41.2 Å². The average molecular weight is 542 g/mol. The van der Waals surface area contributed by atoms with Crippen molar-refractivity contribution in [2.24, 2.45) is 5.73 Å². The normalized spacial score (nSPS) is 11.6. The number of rotatable bonds is 10. The molecule has 3 rings (SSSR count). The molecule has 1 aromatic heterocycles. The molecule has 12 heteroatoms. The number of aromatic nitrogens is 1. The summed E-state index contributed by atoms with van der Waals surface area (Å²) in [7, 11) is 0. The zero-order valence-electron chi connectivity index (χ0n) is 21.1. The van der Waals surface area contributed by atoms with E-state index in [0.717, 1.165) is 22.6 Å². The Morgan fingerprint density at radius 1 is 1.05 bits per heavy atom. The molecule has 2 aromatic carbocycles. The van der Waals surface area contributed by atoms with Gasteiger partial charge in [0.1, 0.15) is 23.3 Å². The van der Waals surface area contributed by atoms with Gasteiger partial charge in [-0.25, -0.2) is 4.39 Å². The number of nitrogens with zero attached hydrogens (tertiary/aromatic N) is 2. The molecular formula is C26H28FN5O5S. The van der Waals surface area contributed by atoms with E-state index in [1.165, 1.54) is 12.1 Å². The van der Waals surface area contributed by atoms with Gasteiger partial charge in [-0.3, -0.25) is 24.1 Å². The quantitative estimate of drug-likeness (QED) is 0.333. The first-order chi connectivity index (χ1) is 18.0. The van der Waals surface area contributed by atoms with Gasteiger partial charge in [-0.15, -0.1) is 0 Å². The highest BCUT2D eigenvalue weighted by atomic mass is 32.1. The number of esters is 1. The zero-order chi connectivity index (χ0) is 28.0. The van der Waals surface area contributed by atoms with E-state index in [4.69, 9.17) is 16.2 Å². The molecule has 1 atom stereocenters. The Balaban J connectivity index is 2.16. The van der Waals surface area contributed by atoms with E-state index in [1.807, 2.05) is 26.0 Å². The molecule has 0 aliphatic heterocycles. The topological polar surface area (TPSA) is 158 Å². The number of carbonyl (C=O) groups excluding carboxylic acids is 4. The lowest BCUT2D eigenvalue weighted by molar-refractivity contribution is -0.143. The monoisotopic (exact) mass is 541 g/mol. The van der Waals surface area contributed by atoms with Crippen LogP contribution < -0.4 is 21.7 Å². The SMILES string of the molecule is CCOC(=O)CNC(=O)[C@H](c1ccc(F)cc1)N(C(=O)c1snc(C(N)=O)c1N)c1ccc(C(C)C)cc1. The number of hydrogen-bond acceptors (Lipinski definition) is 8. The number of nitrogens with one attached hydrogen (secondary N) is 1. The maximum Gasteiger partial charge on any atom is 0.325 e. The number of amides is 3. The number of primary amides is 1. The molecule has 5 N–H and O–H groups in total. The minimum absolute atomic E-state index is 0.114. The molecule has 0 fully saturated rings. The van der Waals surface area contributed by atoms with E-state index in [0.29, 0.717) is 17.2 Å². The van der Waals surface area contributed by atoms with Crippen molar-refractivity contribution in [3.63, 3.8) is 0 Å². The maximum atomic E-state index is 14.0. The highest BCUT2D eigenvalue weighted by molar-refractivity contribution is 7.09. The van der Waals surface area contributed by atoms with Crippen LogP contribution in [0.5, 0.6) is 0 Å². The van der Waals surface area contributed by atoms with Crippen LogP contribution in [0, 0.1) is 5.82 Å². The summed E-state index contributed by atoms with van der Waals surface area (Å²) in [5.74, 6) is -3.40. The Labute approximate surface area is 222 Å². The van der Waals surface area contributed by atoms with Crippen LogP contribution in [0.1, 0.15) is 64.0 Å². The van der Waals surface area contributed by atoms with Gasteiger partial charge in [0.25, 0.3) is 11.8 Å². The summed E-state index contributed by atoms with van der Waals surface area (Å²) in [6.07, 6.45) is 0. The van der Waals surface area contributed by atoms with Gasteiger partial charge in [-0.1, -0.05) is 38.1 Å². The lowest BCUT2D eigenvalue weighted by atomic mass is 10.00. The summed E-state index contributed by atoms with van der Waals surface area (Å²) in [5.41, 5.74) is 12.4. The van der Waals surface area contributed by atoms with Crippen molar-refractivity contribution in [2.45, 2.75) is 32.7 Å². The summed E-state index contributed by atoms with van der Waals surface area (Å²) >= 11 is 0.662. The van der Waals surface area contributed by atoms with Gasteiger partial charge in [0.15, 0.2) is 5.69 Å². The first-order valence-corrected chi connectivity index (χ1v) is 12.5. The van der Waals surface area contributed by atoms with Crippen LogP contribution in [-0.2, 0) is 14.3 Å². The lowest BCUT2D eigenvalue weighted by Crippen LogP contribution is -2.45. The molecule has 0 spiro atoms. The van der Waals surface area contributed by atoms with Crippen molar-refractivity contribution < 1.29 is 28.3 Å². The molecule has 0 saturated heterocycles. The van der Waals surface area contributed by atoms with E-state index >= 15 is 0 Å². The lowest BCUT2D eigenvalue weighted by Gasteiger charge is -2.31. The van der Waals surface area contributed by atoms with Crippen LogP contribution in [0.4, 0.5) is 15.8 Å². The molecule has 0 bridgehead atoms. The molecule has 0 unspecified atom stereocenters. The van der Waals surface area contributed by atoms with Crippen LogP contribution in [0.3, 0.4) is 0 Å². The molecule has 3 amide bonds. The fourth-order valence-electron chi connectivity index (χ4n) is 3.67. The fourth-order valence-corrected chi connectivity index (χ4v) is 4.42. The molecule has 3 aromatic rings. The minimum atomic E-state index is -1.36. The fraction of sp³-hybridized carbons (Fsp3) is 0.269. The number of nitrogen functional groups attached to an aromatic ring is 1. The molecular weight excluding hydrogens is 513 g/mol. The molecule has 0 saturated carbocycles. The summed E-state index contributed by atoms with van der Waals surface area (Å²) in [6, 6.07) is 10.6. The van der Waals surface area contributed by atoms with E-state index in [-0.39, 0.29) is 34.3 Å². The third-order valence-electron chi connectivity index (χ3n) is 5.62. The number of benzene rings is 2. The van der Waals surface area contributed by atoms with Crippen molar-refractivity contribution in [2.75, 3.05) is 23.8 Å². The maximum absolute atomic E-state index is 14.0. The van der Waals surface area contributed by atoms with Crippen LogP contribution in [0.25, 0.3) is 0 Å². The van der Waals surface area contributed by atoms with Gasteiger partial charge in [0.2, 0.25) is 5.91 Å². The molecule has 0 aliphatic rings. The Morgan fingerprint density at radius 3 is 2.18 bits per heavy atom. The van der Waals surface area contributed by atoms with Crippen LogP contribution in [0.15, 0.2) is 48.5 Å². The largest absolute Gasteiger partial charge is 0.465 e. The first kappa shape index (κ1) is 28.3. The second-order valence-corrected chi connectivity index (χ2v) is 9.31. The summed E-state index contributed by atoms with van der Waals surface area (Å²) < 4.78 is 22.6. The van der Waals surface area contributed by atoms with Gasteiger partial charge in [-0.05, 0) is 59.8 Å². The third kappa shape index (κ3) is 6.32. The van der Waals surface area contributed by atoms with Crippen molar-refractivity contribution >= 4 is 46.6 Å². The Kier molecular flexibility index (Phi) is 9.13. The van der Waals surface area contributed by atoms with Crippen molar-refractivity contribution in [3.05, 3.63) is 76.0 Å². The number of halogens is 1. The third-order valence-corrected chi connectivity index (χ3v) is 6.47. The summed E-state index contributed by atoms with van der Waals surface area (Å²) in [6.45, 7) is 5.31. The molecule has 200 valence electrons. The van der Waals surface area contributed by atoms with E-state index < -0.39 is 42.1 Å². The van der Waals surface area contributed by atoms with Gasteiger partial charge >= 0.3 is 5.97 Å². The molecule has 1 heterocycles. The zero-order valence-corrected chi connectivity index (χ0v) is 21.9. The molecule has 10 nitrogen and oxygen atoms in total. The highest BCUT2D eigenvalue weighted by Gasteiger charge is 2.36.